The third-order valence-electron chi connectivity index (χ3n) is 3.62. The summed E-state index contributed by atoms with van der Waals surface area (Å²) < 4.78 is 0.802. The van der Waals surface area contributed by atoms with Crippen LogP contribution in [0.5, 0.6) is 0 Å². The fraction of sp³-hybridized carbons (Fsp3) is 0.571. The second-order valence-corrected chi connectivity index (χ2v) is 7.43. The molecule has 1 saturated carbocycles. The molecule has 2 rings (SSSR count). The molecule has 1 aromatic rings. The molecule has 0 bridgehead atoms. The van der Waals surface area contributed by atoms with Crippen LogP contribution in [0.3, 0.4) is 0 Å². The Balaban J connectivity index is 1.87. The summed E-state index contributed by atoms with van der Waals surface area (Å²) in [6.45, 7) is 2.96. The summed E-state index contributed by atoms with van der Waals surface area (Å²) in [5.74, 6) is 1.19. The van der Waals surface area contributed by atoms with Gasteiger partial charge < -0.3 is 5.32 Å². The molecule has 1 aliphatic rings. The van der Waals surface area contributed by atoms with Gasteiger partial charge in [-0.15, -0.1) is 0 Å². The Kier molecular flexibility index (Phi) is 5.86. The smallest absolute Gasteiger partial charge is 0.270 e. The Hall–Kier alpha value is -0.590. The third kappa shape index (κ3) is 4.20. The summed E-state index contributed by atoms with van der Waals surface area (Å²) in [4.78, 5) is 10.3. The van der Waals surface area contributed by atoms with Crippen molar-refractivity contribution in [2.75, 3.05) is 5.75 Å². The van der Waals surface area contributed by atoms with Gasteiger partial charge in [0.2, 0.25) is 0 Å². The average Bonchev–Trinajstić information content (AvgIpc) is 2.85. The minimum atomic E-state index is -0.370. The molecule has 1 aliphatic carbocycles. The summed E-state index contributed by atoms with van der Waals surface area (Å²) in [7, 11) is 0. The Morgan fingerprint density at radius 2 is 2.30 bits per heavy atom. The predicted molar refractivity (Wildman–Crippen MR) is 87.2 cm³/mol. The van der Waals surface area contributed by atoms with E-state index in [0.717, 1.165) is 21.8 Å². The lowest BCUT2D eigenvalue weighted by Gasteiger charge is -2.13. The number of benzene rings is 1. The molecule has 0 heterocycles. The Labute approximate surface area is 132 Å². The van der Waals surface area contributed by atoms with E-state index in [1.54, 1.807) is 12.1 Å². The van der Waals surface area contributed by atoms with Crippen molar-refractivity contribution in [2.24, 2.45) is 0 Å². The molecule has 1 aromatic carbocycles. The maximum absolute atomic E-state index is 10.7. The van der Waals surface area contributed by atoms with Crippen LogP contribution in [0, 0.1) is 10.1 Å². The summed E-state index contributed by atoms with van der Waals surface area (Å²) in [6, 6.07) is 5.52. The van der Waals surface area contributed by atoms with Crippen LogP contribution in [-0.2, 0) is 6.54 Å². The number of hydrogen-bond acceptors (Lipinski definition) is 4. The first-order valence-electron chi connectivity index (χ1n) is 6.88. The van der Waals surface area contributed by atoms with Crippen molar-refractivity contribution in [3.05, 3.63) is 38.3 Å². The van der Waals surface area contributed by atoms with Crippen molar-refractivity contribution >= 4 is 33.4 Å². The lowest BCUT2D eigenvalue weighted by atomic mass is 10.2. The zero-order valence-corrected chi connectivity index (χ0v) is 13.9. The molecule has 0 spiro atoms. The predicted octanol–water partition coefficient (Wildman–Crippen LogP) is 4.12. The van der Waals surface area contributed by atoms with Crippen LogP contribution in [-0.4, -0.2) is 22.0 Å². The highest BCUT2D eigenvalue weighted by atomic mass is 79.9. The van der Waals surface area contributed by atoms with Gasteiger partial charge in [0.1, 0.15) is 0 Å². The van der Waals surface area contributed by atoms with E-state index in [4.69, 9.17) is 0 Å². The number of hydrogen-bond donors (Lipinski definition) is 1. The summed E-state index contributed by atoms with van der Waals surface area (Å²) in [5.41, 5.74) is 1.20. The zero-order valence-electron chi connectivity index (χ0n) is 11.5. The van der Waals surface area contributed by atoms with E-state index < -0.39 is 0 Å². The van der Waals surface area contributed by atoms with E-state index in [1.807, 2.05) is 17.8 Å². The molecule has 0 radical (unpaired) electrons. The highest BCUT2D eigenvalue weighted by Crippen LogP contribution is 2.30. The van der Waals surface area contributed by atoms with E-state index in [1.165, 1.54) is 25.0 Å². The van der Waals surface area contributed by atoms with Gasteiger partial charge in [0.05, 0.1) is 4.92 Å². The summed E-state index contributed by atoms with van der Waals surface area (Å²) in [5, 5.41) is 15.0. The second kappa shape index (κ2) is 7.43. The van der Waals surface area contributed by atoms with Gasteiger partial charge in [0.25, 0.3) is 5.69 Å². The molecule has 20 heavy (non-hydrogen) atoms. The number of thioether (sulfide) groups is 1. The van der Waals surface area contributed by atoms with Crippen LogP contribution in [0.4, 0.5) is 5.69 Å². The van der Waals surface area contributed by atoms with Crippen LogP contribution in [0.25, 0.3) is 0 Å². The number of non-ortho nitro benzene ring substituents is 1. The zero-order chi connectivity index (χ0) is 14.5. The van der Waals surface area contributed by atoms with Crippen LogP contribution >= 0.6 is 27.7 Å². The van der Waals surface area contributed by atoms with Crippen LogP contribution in [0.1, 0.15) is 31.7 Å². The van der Waals surface area contributed by atoms with Gasteiger partial charge in [0, 0.05) is 34.4 Å². The summed E-state index contributed by atoms with van der Waals surface area (Å²) in [6.07, 6.45) is 3.74. The molecule has 0 amide bonds. The topological polar surface area (TPSA) is 55.2 Å². The number of nitro groups is 1. The molecule has 1 N–H and O–H groups in total. The minimum absolute atomic E-state index is 0.126. The number of nitro benzene ring substituents is 1. The second-order valence-electron chi connectivity index (χ2n) is 5.00. The monoisotopic (exact) mass is 358 g/mol. The molecule has 1 fully saturated rings. The lowest BCUT2D eigenvalue weighted by molar-refractivity contribution is -0.384. The van der Waals surface area contributed by atoms with Crippen molar-refractivity contribution in [3.8, 4) is 0 Å². The van der Waals surface area contributed by atoms with Gasteiger partial charge in [-0.2, -0.15) is 11.8 Å². The molecule has 4 nitrogen and oxygen atoms in total. The van der Waals surface area contributed by atoms with E-state index in [0.29, 0.717) is 6.04 Å². The lowest BCUT2D eigenvalue weighted by Crippen LogP contribution is -2.26. The largest absolute Gasteiger partial charge is 0.310 e. The first-order chi connectivity index (χ1) is 9.60. The molecular formula is C14H19BrN2O2S. The molecule has 0 aromatic heterocycles. The van der Waals surface area contributed by atoms with E-state index >= 15 is 0 Å². The van der Waals surface area contributed by atoms with Gasteiger partial charge >= 0.3 is 0 Å². The first kappa shape index (κ1) is 15.8. The van der Waals surface area contributed by atoms with Crippen molar-refractivity contribution in [3.63, 3.8) is 0 Å². The van der Waals surface area contributed by atoms with Gasteiger partial charge in [-0.05, 0) is 36.6 Å². The van der Waals surface area contributed by atoms with Crippen molar-refractivity contribution in [2.45, 2.75) is 44.0 Å². The third-order valence-corrected chi connectivity index (χ3v) is 5.59. The maximum Gasteiger partial charge on any atom is 0.270 e. The molecule has 2 unspecified atom stereocenters. The number of halogens is 1. The fourth-order valence-corrected chi connectivity index (χ4v) is 4.21. The van der Waals surface area contributed by atoms with Crippen molar-refractivity contribution < 1.29 is 4.92 Å². The van der Waals surface area contributed by atoms with Crippen LogP contribution < -0.4 is 5.32 Å². The SMILES string of the molecule is CCSC1CCC(NCc2ccc([N+](=O)[O-])cc2Br)C1. The first-order valence-corrected chi connectivity index (χ1v) is 8.72. The van der Waals surface area contributed by atoms with Gasteiger partial charge in [-0.25, -0.2) is 0 Å². The summed E-state index contributed by atoms with van der Waals surface area (Å²) >= 11 is 5.46. The Morgan fingerprint density at radius 1 is 1.50 bits per heavy atom. The molecular weight excluding hydrogens is 340 g/mol. The Bertz CT molecular complexity index is 484. The highest BCUT2D eigenvalue weighted by molar-refractivity contribution is 9.10. The van der Waals surface area contributed by atoms with E-state index in [2.05, 4.69) is 28.2 Å². The number of nitrogens with zero attached hydrogens (tertiary/aromatic N) is 1. The fourth-order valence-electron chi connectivity index (χ4n) is 2.56. The Morgan fingerprint density at radius 3 is 2.95 bits per heavy atom. The molecule has 2 atom stereocenters. The van der Waals surface area contributed by atoms with Gasteiger partial charge in [-0.1, -0.05) is 22.9 Å². The highest BCUT2D eigenvalue weighted by Gasteiger charge is 2.24. The number of rotatable bonds is 6. The van der Waals surface area contributed by atoms with Gasteiger partial charge in [0.15, 0.2) is 0 Å². The molecule has 0 aliphatic heterocycles. The average molecular weight is 359 g/mol. The van der Waals surface area contributed by atoms with Crippen molar-refractivity contribution in [1.29, 1.82) is 0 Å². The quantitative estimate of drug-likeness (QED) is 0.613. The standard InChI is InChI=1S/C14H19BrN2O2S/c1-2-20-13-6-4-11(7-13)16-9-10-3-5-12(17(18)19)8-14(10)15/h3,5,8,11,13,16H,2,4,6-7,9H2,1H3. The maximum atomic E-state index is 10.7. The molecule has 0 saturated heterocycles. The molecule has 6 heteroatoms. The van der Waals surface area contributed by atoms with E-state index in [-0.39, 0.29) is 10.6 Å². The molecule has 110 valence electrons. The minimum Gasteiger partial charge on any atom is -0.310 e. The van der Waals surface area contributed by atoms with Gasteiger partial charge in [-0.3, -0.25) is 10.1 Å². The number of nitrogens with one attached hydrogen (secondary N) is 1. The van der Waals surface area contributed by atoms with Crippen LogP contribution in [0.2, 0.25) is 0 Å². The van der Waals surface area contributed by atoms with Crippen molar-refractivity contribution in [1.82, 2.24) is 5.32 Å². The van der Waals surface area contributed by atoms with E-state index in [9.17, 15) is 10.1 Å². The van der Waals surface area contributed by atoms with Crippen LogP contribution in [0.15, 0.2) is 22.7 Å². The normalized spacial score (nSPS) is 22.1.